The summed E-state index contributed by atoms with van der Waals surface area (Å²) in [7, 11) is 2.09. The largest absolute Gasteiger partial charge is 0.354 e. The van der Waals surface area contributed by atoms with Gasteiger partial charge in [0.2, 0.25) is 5.91 Å². The Hall–Kier alpha value is -1.90. The average molecular weight is 410 g/mol. The molecule has 1 saturated heterocycles. The van der Waals surface area contributed by atoms with Crippen LogP contribution in [-0.4, -0.2) is 59.8 Å². The van der Waals surface area contributed by atoms with Crippen LogP contribution in [0.5, 0.6) is 0 Å². The summed E-state index contributed by atoms with van der Waals surface area (Å²) in [4.78, 5) is 25.2. The van der Waals surface area contributed by atoms with Gasteiger partial charge in [-0.05, 0) is 24.7 Å². The molecule has 3 rings (SSSR count). The monoisotopic (exact) mass is 409 g/mol. The Balaban J connectivity index is 1.52. The van der Waals surface area contributed by atoms with Crippen LogP contribution >= 0.6 is 23.4 Å². The first-order chi connectivity index (χ1) is 13.0. The predicted molar refractivity (Wildman–Crippen MR) is 106 cm³/mol. The van der Waals surface area contributed by atoms with E-state index in [-0.39, 0.29) is 17.5 Å². The van der Waals surface area contributed by atoms with Crippen molar-refractivity contribution < 1.29 is 9.18 Å². The van der Waals surface area contributed by atoms with E-state index < -0.39 is 0 Å². The first kappa shape index (κ1) is 19.9. The summed E-state index contributed by atoms with van der Waals surface area (Å²) < 4.78 is 12.9. The van der Waals surface area contributed by atoms with Gasteiger partial charge in [0, 0.05) is 38.8 Å². The Bertz CT molecular complexity index is 784. The zero-order chi connectivity index (χ0) is 19.2. The van der Waals surface area contributed by atoms with Gasteiger partial charge in [-0.25, -0.2) is 14.4 Å². The number of rotatable bonds is 6. The molecule has 1 N–H and O–H groups in total. The number of carbonyl (C=O) groups excluding carboxylic acids is 1. The normalized spacial score (nSPS) is 15.0. The molecule has 1 amide bonds. The molecule has 0 spiro atoms. The molecule has 1 aromatic carbocycles. The molecule has 6 nitrogen and oxygen atoms in total. The van der Waals surface area contributed by atoms with Crippen molar-refractivity contribution in [2.45, 2.75) is 11.7 Å². The number of benzene rings is 1. The highest BCUT2D eigenvalue weighted by Gasteiger charge is 2.17. The van der Waals surface area contributed by atoms with Crippen molar-refractivity contribution in [2.24, 2.45) is 0 Å². The zero-order valence-corrected chi connectivity index (χ0v) is 16.6. The van der Waals surface area contributed by atoms with Crippen LogP contribution in [0.4, 0.5) is 10.2 Å². The van der Waals surface area contributed by atoms with Crippen LogP contribution < -0.4 is 10.2 Å². The molecule has 0 aliphatic carbocycles. The fourth-order valence-corrected chi connectivity index (χ4v) is 3.54. The number of piperazine rings is 1. The average Bonchev–Trinajstić information content (AvgIpc) is 2.66. The second-order valence-corrected chi connectivity index (χ2v) is 7.64. The van der Waals surface area contributed by atoms with Crippen molar-refractivity contribution in [2.75, 3.05) is 43.9 Å². The Morgan fingerprint density at radius 3 is 2.63 bits per heavy atom. The van der Waals surface area contributed by atoms with Crippen molar-refractivity contribution in [3.63, 3.8) is 0 Å². The molecule has 0 radical (unpaired) electrons. The van der Waals surface area contributed by atoms with E-state index in [2.05, 4.69) is 32.1 Å². The maximum Gasteiger partial charge on any atom is 0.230 e. The van der Waals surface area contributed by atoms with Crippen LogP contribution in [0.15, 0.2) is 35.5 Å². The van der Waals surface area contributed by atoms with Crippen molar-refractivity contribution in [1.29, 1.82) is 0 Å². The lowest BCUT2D eigenvalue weighted by molar-refractivity contribution is -0.118. The number of nitrogens with zero attached hydrogens (tertiary/aromatic N) is 4. The molecule has 9 heteroatoms. The highest BCUT2D eigenvalue weighted by Crippen LogP contribution is 2.22. The van der Waals surface area contributed by atoms with E-state index in [0.717, 1.165) is 37.6 Å². The quantitative estimate of drug-likeness (QED) is 0.449. The zero-order valence-electron chi connectivity index (χ0n) is 15.0. The smallest absolute Gasteiger partial charge is 0.230 e. The lowest BCUT2D eigenvalue weighted by atomic mass is 10.2. The van der Waals surface area contributed by atoms with Gasteiger partial charge in [-0.3, -0.25) is 4.79 Å². The Morgan fingerprint density at radius 1 is 1.22 bits per heavy atom. The SMILES string of the molecule is CN1CCN(c2cc(Cl)nc(SCC(=O)NCc3ccc(F)cc3)n2)CC1. The lowest BCUT2D eigenvalue weighted by Crippen LogP contribution is -2.44. The maximum absolute atomic E-state index is 12.9. The fraction of sp³-hybridized carbons (Fsp3) is 0.389. The van der Waals surface area contributed by atoms with Gasteiger partial charge in [0.1, 0.15) is 16.8 Å². The first-order valence-corrected chi connectivity index (χ1v) is 9.98. The third kappa shape index (κ3) is 6.05. The van der Waals surface area contributed by atoms with Gasteiger partial charge in [0.15, 0.2) is 5.16 Å². The van der Waals surface area contributed by atoms with Crippen LogP contribution in [-0.2, 0) is 11.3 Å². The second-order valence-electron chi connectivity index (χ2n) is 6.31. The highest BCUT2D eigenvalue weighted by molar-refractivity contribution is 7.99. The topological polar surface area (TPSA) is 61.4 Å². The second kappa shape index (κ2) is 9.34. The van der Waals surface area contributed by atoms with E-state index in [1.807, 2.05) is 0 Å². The van der Waals surface area contributed by atoms with Gasteiger partial charge >= 0.3 is 0 Å². The van der Waals surface area contributed by atoms with Gasteiger partial charge in [-0.1, -0.05) is 35.5 Å². The van der Waals surface area contributed by atoms with Gasteiger partial charge in [0.25, 0.3) is 0 Å². The molecule has 1 aliphatic heterocycles. The number of aromatic nitrogens is 2. The Kier molecular flexibility index (Phi) is 6.87. The molecule has 0 atom stereocenters. The van der Waals surface area contributed by atoms with Crippen LogP contribution in [0.3, 0.4) is 0 Å². The number of likely N-dealkylation sites (N-methyl/N-ethyl adjacent to an activating group) is 1. The molecule has 27 heavy (non-hydrogen) atoms. The molecule has 2 heterocycles. The van der Waals surface area contributed by atoms with Crippen molar-refractivity contribution in [1.82, 2.24) is 20.2 Å². The Morgan fingerprint density at radius 2 is 1.93 bits per heavy atom. The minimum Gasteiger partial charge on any atom is -0.354 e. The van der Waals surface area contributed by atoms with Gasteiger partial charge < -0.3 is 15.1 Å². The predicted octanol–water partition coefficient (Wildman–Crippen LogP) is 2.43. The van der Waals surface area contributed by atoms with Crippen molar-refractivity contribution in [3.05, 3.63) is 46.9 Å². The molecular formula is C18H21ClFN5OS. The van der Waals surface area contributed by atoms with E-state index in [0.29, 0.717) is 16.9 Å². The summed E-state index contributed by atoms with van der Waals surface area (Å²) in [6.45, 7) is 4.05. The minimum absolute atomic E-state index is 0.144. The summed E-state index contributed by atoms with van der Waals surface area (Å²) in [6.07, 6.45) is 0. The molecule has 1 fully saturated rings. The van der Waals surface area contributed by atoms with Crippen molar-refractivity contribution >= 4 is 35.1 Å². The Labute approximate surface area is 167 Å². The maximum atomic E-state index is 12.9. The molecule has 1 aromatic heterocycles. The highest BCUT2D eigenvalue weighted by atomic mass is 35.5. The standard InChI is InChI=1S/C18H21ClFN5OS/c1-24-6-8-25(9-7-24)16-10-15(19)22-18(23-16)27-12-17(26)21-11-13-2-4-14(20)5-3-13/h2-5,10H,6-9,11-12H2,1H3,(H,21,26). The molecule has 0 saturated carbocycles. The molecule has 0 bridgehead atoms. The molecule has 0 unspecified atom stereocenters. The molecular weight excluding hydrogens is 389 g/mol. The number of carbonyl (C=O) groups is 1. The van der Waals surface area contributed by atoms with Gasteiger partial charge in [-0.2, -0.15) is 0 Å². The summed E-state index contributed by atoms with van der Waals surface area (Å²) >= 11 is 7.38. The minimum atomic E-state index is -0.296. The van der Waals surface area contributed by atoms with E-state index >= 15 is 0 Å². The van der Waals surface area contributed by atoms with Gasteiger partial charge in [-0.15, -0.1) is 0 Å². The van der Waals surface area contributed by atoms with E-state index in [1.54, 1.807) is 18.2 Å². The summed E-state index contributed by atoms with van der Waals surface area (Å²) in [5, 5.41) is 3.65. The van der Waals surface area contributed by atoms with E-state index in [4.69, 9.17) is 11.6 Å². The van der Waals surface area contributed by atoms with E-state index in [1.165, 1.54) is 23.9 Å². The molecule has 144 valence electrons. The summed E-state index contributed by atoms with van der Waals surface area (Å²) in [5.41, 5.74) is 0.839. The van der Waals surface area contributed by atoms with E-state index in [9.17, 15) is 9.18 Å². The van der Waals surface area contributed by atoms with Crippen molar-refractivity contribution in [3.8, 4) is 0 Å². The number of halogens is 2. The van der Waals surface area contributed by atoms with Crippen LogP contribution in [0.25, 0.3) is 0 Å². The third-order valence-corrected chi connectivity index (χ3v) is 5.26. The lowest BCUT2D eigenvalue weighted by Gasteiger charge is -2.33. The summed E-state index contributed by atoms with van der Waals surface area (Å²) in [6, 6.07) is 7.79. The fourth-order valence-electron chi connectivity index (χ4n) is 2.63. The number of anilines is 1. The van der Waals surface area contributed by atoms with Crippen LogP contribution in [0.1, 0.15) is 5.56 Å². The first-order valence-electron chi connectivity index (χ1n) is 8.61. The summed E-state index contributed by atoms with van der Waals surface area (Å²) in [5.74, 6) is 0.533. The number of nitrogens with one attached hydrogen (secondary N) is 1. The molecule has 2 aromatic rings. The van der Waals surface area contributed by atoms with Crippen LogP contribution in [0.2, 0.25) is 5.15 Å². The molecule has 1 aliphatic rings. The number of hydrogen-bond donors (Lipinski definition) is 1. The number of thioether (sulfide) groups is 1. The van der Waals surface area contributed by atoms with Crippen LogP contribution in [0, 0.1) is 5.82 Å². The number of hydrogen-bond acceptors (Lipinski definition) is 6. The third-order valence-electron chi connectivity index (χ3n) is 4.22. The van der Waals surface area contributed by atoms with Gasteiger partial charge in [0.05, 0.1) is 5.75 Å². The number of amides is 1.